The van der Waals surface area contributed by atoms with E-state index in [-0.39, 0.29) is 92.1 Å². The van der Waals surface area contributed by atoms with Crippen molar-refractivity contribution in [3.05, 3.63) is 160 Å². The molecule has 4 fully saturated rings. The average Bonchev–Trinajstić information content (AvgIpc) is 1.79. The molecule has 0 bridgehead atoms. The maximum atomic E-state index is 14.1. The normalized spacial score (nSPS) is 19.2. The third-order valence-electron chi connectivity index (χ3n) is 15.8. The van der Waals surface area contributed by atoms with E-state index in [1.54, 1.807) is 39.9 Å². The van der Waals surface area contributed by atoms with Crippen LogP contribution in [-0.4, -0.2) is 111 Å². The first kappa shape index (κ1) is 64.9. The number of hydrogen-bond donors (Lipinski definition) is 0. The van der Waals surface area contributed by atoms with Gasteiger partial charge in [-0.05, 0) is 137 Å². The number of imidazole rings is 2. The molecule has 20 nitrogen and oxygen atoms in total. The molecule has 25 heteroatoms. The molecule has 8 aromatic rings. The van der Waals surface area contributed by atoms with Gasteiger partial charge in [0.1, 0.15) is 5.82 Å². The van der Waals surface area contributed by atoms with Crippen LogP contribution < -0.4 is 32.0 Å². The molecule has 4 atom stereocenters. The summed E-state index contributed by atoms with van der Waals surface area (Å²) in [6.07, 6.45) is 11.0. The Labute approximate surface area is 524 Å². The van der Waals surface area contributed by atoms with Gasteiger partial charge in [-0.25, -0.2) is 47.1 Å². The van der Waals surface area contributed by atoms with Crippen LogP contribution in [0, 0.1) is 15.4 Å². The average molecular weight is 1350 g/mol. The first-order valence-electron chi connectivity index (χ1n) is 30.5. The Kier molecular flexibility index (Phi) is 21.3. The van der Waals surface area contributed by atoms with E-state index in [1.807, 2.05) is 99.0 Å². The third-order valence-corrected chi connectivity index (χ3v) is 16.7. The summed E-state index contributed by atoms with van der Waals surface area (Å²) in [6, 6.07) is 26.1. The van der Waals surface area contributed by atoms with Crippen molar-refractivity contribution in [2.75, 3.05) is 39.6 Å². The minimum Gasteiger partial charge on any atom is -0.477 e. The van der Waals surface area contributed by atoms with Gasteiger partial charge in [-0.3, -0.25) is 27.9 Å². The lowest BCUT2D eigenvalue weighted by molar-refractivity contribution is -0.163. The van der Waals surface area contributed by atoms with Crippen LogP contribution >= 0.6 is 22.6 Å². The molecule has 89 heavy (non-hydrogen) atoms. The molecule has 0 N–H and O–H groups in total. The van der Waals surface area contributed by atoms with Gasteiger partial charge >= 0.3 is 11.4 Å². The maximum Gasteiger partial charge on any atom is 0.332 e. The Bertz CT molecular complexity index is 3920. The van der Waals surface area contributed by atoms with Crippen LogP contribution in [0.5, 0.6) is 11.8 Å². The van der Waals surface area contributed by atoms with Crippen LogP contribution in [0.2, 0.25) is 0 Å². The molecule has 0 radical (unpaired) electrons. The Morgan fingerprint density at radius 1 is 0.596 bits per heavy atom. The lowest BCUT2D eigenvalue weighted by atomic mass is 10.2. The minimum absolute atomic E-state index is 0.0556. The molecule has 0 amide bonds. The molecule has 2 aliphatic carbocycles. The smallest absolute Gasteiger partial charge is 0.332 e. The minimum atomic E-state index is -2.73. The SMILES string of the molecule is CC(C)n1c(=O)n(CCCOC2CCCCO2)c(=O)c2c1nc(-c1cccnc1OCC1CC1(F)F)n2Cc1ccccc1.CC(C)n1c(=O)n(CCCOC2CCCCO2)c(=O)c2c1ncn2Cc1ccccc1.FC1(F)CC1COc1ncccc1I. The molecule has 4 aliphatic rings. The predicted octanol–water partition coefficient (Wildman–Crippen LogP) is 10.7. The summed E-state index contributed by atoms with van der Waals surface area (Å²) in [7, 11) is 0. The Balaban J connectivity index is 0.000000167. The highest BCUT2D eigenvalue weighted by Gasteiger charge is 2.58. The fraction of sp³-hybridized carbons (Fsp3) is 0.500. The number of benzene rings is 2. The van der Waals surface area contributed by atoms with E-state index in [4.69, 9.17) is 33.4 Å². The monoisotopic (exact) mass is 1350 g/mol. The number of rotatable bonds is 23. The van der Waals surface area contributed by atoms with E-state index < -0.39 is 34.9 Å². The molecule has 0 spiro atoms. The number of ether oxygens (including phenoxy) is 6. The summed E-state index contributed by atoms with van der Waals surface area (Å²) in [5.41, 5.74) is 2.25. The van der Waals surface area contributed by atoms with Gasteiger partial charge in [0.15, 0.2) is 34.9 Å². The van der Waals surface area contributed by atoms with Crippen LogP contribution in [0.1, 0.15) is 115 Å². The topological polar surface area (TPSA) is 205 Å². The second kappa shape index (κ2) is 29.3. The zero-order chi connectivity index (χ0) is 62.8. The van der Waals surface area contributed by atoms with E-state index >= 15 is 0 Å². The van der Waals surface area contributed by atoms with Crippen LogP contribution in [0.25, 0.3) is 33.7 Å². The molecular weight excluding hydrogens is 1270 g/mol. The molecule has 12 rings (SSSR count). The predicted molar refractivity (Wildman–Crippen MR) is 334 cm³/mol. The number of hydrogen-bond acceptors (Lipinski definition) is 14. The highest BCUT2D eigenvalue weighted by molar-refractivity contribution is 14.1. The zero-order valence-corrected chi connectivity index (χ0v) is 52.5. The Morgan fingerprint density at radius 2 is 1.09 bits per heavy atom. The van der Waals surface area contributed by atoms with Gasteiger partial charge in [-0.15, -0.1) is 0 Å². The molecule has 6 aromatic heterocycles. The number of alkyl halides is 4. The zero-order valence-electron chi connectivity index (χ0n) is 50.4. The summed E-state index contributed by atoms with van der Waals surface area (Å²) in [5.74, 6) is -5.80. The van der Waals surface area contributed by atoms with Crippen molar-refractivity contribution >= 4 is 44.9 Å². The number of nitrogens with zero attached hydrogens (tertiary/aromatic N) is 10. The number of aromatic nitrogens is 10. The second-order valence-electron chi connectivity index (χ2n) is 23.2. The van der Waals surface area contributed by atoms with Gasteiger partial charge in [0.2, 0.25) is 11.8 Å². The summed E-state index contributed by atoms with van der Waals surface area (Å²) < 4.78 is 96.2. The van der Waals surface area contributed by atoms with Gasteiger partial charge in [0.25, 0.3) is 23.0 Å². The Morgan fingerprint density at radius 3 is 1.60 bits per heavy atom. The van der Waals surface area contributed by atoms with Crippen LogP contribution in [-0.2, 0) is 45.1 Å². The largest absolute Gasteiger partial charge is 0.477 e. The summed E-state index contributed by atoms with van der Waals surface area (Å²) in [4.78, 5) is 71.9. The van der Waals surface area contributed by atoms with Crippen LogP contribution in [0.15, 0.2) is 123 Å². The quantitative estimate of drug-likeness (QED) is 0.0332. The van der Waals surface area contributed by atoms with Crippen LogP contribution in [0.4, 0.5) is 17.6 Å². The molecule has 2 aliphatic heterocycles. The van der Waals surface area contributed by atoms with E-state index in [2.05, 4.69) is 37.5 Å². The van der Waals surface area contributed by atoms with E-state index in [0.717, 1.165) is 59.8 Å². The van der Waals surface area contributed by atoms with Gasteiger partial charge in [-0.1, -0.05) is 60.7 Å². The van der Waals surface area contributed by atoms with Crippen molar-refractivity contribution in [1.82, 2.24) is 47.3 Å². The lowest BCUT2D eigenvalue weighted by Gasteiger charge is -2.22. The van der Waals surface area contributed by atoms with Crippen molar-refractivity contribution in [3.8, 4) is 23.1 Å². The number of halogens is 5. The summed E-state index contributed by atoms with van der Waals surface area (Å²) >= 11 is 2.06. The lowest BCUT2D eigenvalue weighted by Crippen LogP contribution is -2.41. The summed E-state index contributed by atoms with van der Waals surface area (Å²) in [5, 5.41) is 0. The van der Waals surface area contributed by atoms with E-state index in [9.17, 15) is 36.7 Å². The first-order chi connectivity index (χ1) is 42.9. The van der Waals surface area contributed by atoms with Crippen LogP contribution in [0.3, 0.4) is 0 Å². The van der Waals surface area contributed by atoms with Crippen molar-refractivity contribution in [3.63, 3.8) is 0 Å². The third kappa shape index (κ3) is 15.9. The molecule has 4 unspecified atom stereocenters. The van der Waals surface area contributed by atoms with E-state index in [0.29, 0.717) is 74.2 Å². The summed E-state index contributed by atoms with van der Waals surface area (Å²) in [6.45, 7) is 10.9. The standard InChI is InChI=1S/C32H37F2N5O5.C23H30N4O4.C9H8F2INO/c1-21(2)39-28-26(30(40)37(31(39)41)15-9-17-43-25-13-6-7-16-42-25)38(19-22-10-4-3-5-11-22)27(36-28)24-12-8-14-35-29(24)44-20-23-18-32(23,33)34;1-17(2)27-21-20(25(16-24-21)15-18-9-4-3-5-10-18)22(28)26(23(27)29)12-8-14-31-19-11-6-7-13-30-19;10-9(11)4-6(9)5-14-8-7(12)2-1-3-13-8/h3-5,8,10-12,14,21,23,25H,6-7,9,13,15-20H2,1-2H3;3-5,9-10,16-17,19H,6-8,11-15H2,1-2H3;1-3,6H,4-5H2. The van der Waals surface area contributed by atoms with Gasteiger partial charge < -0.3 is 37.6 Å². The van der Waals surface area contributed by atoms with Gasteiger partial charge in [-0.2, -0.15) is 0 Å². The number of fused-ring (bicyclic) bond motifs is 2. The first-order valence-corrected chi connectivity index (χ1v) is 31.5. The second-order valence-corrected chi connectivity index (χ2v) is 24.4. The van der Waals surface area contributed by atoms with Crippen molar-refractivity contribution < 1.29 is 46.0 Å². The van der Waals surface area contributed by atoms with E-state index in [1.165, 1.54) is 19.9 Å². The molecular formula is C64H75F4IN10O10. The molecule has 2 saturated carbocycles. The van der Waals surface area contributed by atoms with Crippen molar-refractivity contribution in [2.24, 2.45) is 11.8 Å². The van der Waals surface area contributed by atoms with Gasteiger partial charge in [0.05, 0.1) is 53.7 Å². The van der Waals surface area contributed by atoms with Crippen molar-refractivity contribution in [1.29, 1.82) is 0 Å². The molecule has 2 saturated heterocycles. The highest BCUT2D eigenvalue weighted by atomic mass is 127. The fourth-order valence-corrected chi connectivity index (χ4v) is 11.3. The molecule has 2 aromatic carbocycles. The molecule has 476 valence electrons. The Hall–Kier alpha value is -7.07. The van der Waals surface area contributed by atoms with Gasteiger partial charge in [0, 0.05) is 76.7 Å². The van der Waals surface area contributed by atoms with Crippen molar-refractivity contribution in [2.45, 2.75) is 155 Å². The molecule has 8 heterocycles. The number of pyridine rings is 2. The maximum absolute atomic E-state index is 14.1. The highest BCUT2D eigenvalue weighted by Crippen LogP contribution is 2.49. The fourth-order valence-electron chi connectivity index (χ4n) is 10.8.